The molecule has 0 amide bonds. The number of hydrogen-bond acceptors (Lipinski definition) is 2. The third-order valence-corrected chi connectivity index (χ3v) is 2.74. The van der Waals surface area contributed by atoms with Crippen LogP contribution in [-0.2, 0) is 10.2 Å². The third kappa shape index (κ3) is 1.99. The van der Waals surface area contributed by atoms with Crippen molar-refractivity contribution in [3.63, 3.8) is 0 Å². The molecule has 76 valence electrons. The molecule has 0 unspecified atom stereocenters. The van der Waals surface area contributed by atoms with Crippen molar-refractivity contribution in [2.75, 3.05) is 0 Å². The number of nitrogens with zero attached hydrogens (tertiary/aromatic N) is 1. The highest BCUT2D eigenvalue weighted by molar-refractivity contribution is 6.41. The van der Waals surface area contributed by atoms with Crippen molar-refractivity contribution in [2.45, 2.75) is 19.3 Å². The fraction of sp³-hybridized carbons (Fsp3) is 0.333. The minimum Gasteiger partial charge on any atom is -0.481 e. The number of aromatic nitrogens is 1. The summed E-state index contributed by atoms with van der Waals surface area (Å²) in [5, 5.41) is 9.39. The van der Waals surface area contributed by atoms with Crippen LogP contribution in [0, 0.1) is 0 Å². The molecule has 0 spiro atoms. The van der Waals surface area contributed by atoms with E-state index in [1.807, 2.05) is 0 Å². The molecule has 1 N–H and O–H groups in total. The van der Waals surface area contributed by atoms with E-state index in [0.717, 1.165) is 0 Å². The predicted molar refractivity (Wildman–Crippen MR) is 54.9 cm³/mol. The standard InChI is InChI=1S/C9H9Cl2NO2/c1-9(2,8(13)14)5-3-6(10)7(11)12-4-5/h3-4H,1-2H3,(H,13,14). The Hall–Kier alpha value is -0.800. The van der Waals surface area contributed by atoms with Gasteiger partial charge in [-0.2, -0.15) is 0 Å². The topological polar surface area (TPSA) is 50.2 Å². The zero-order chi connectivity index (χ0) is 10.9. The van der Waals surface area contributed by atoms with Gasteiger partial charge in [0.15, 0.2) is 0 Å². The Morgan fingerprint density at radius 2 is 2.07 bits per heavy atom. The van der Waals surface area contributed by atoms with Gasteiger partial charge in [-0.15, -0.1) is 0 Å². The Morgan fingerprint density at radius 3 is 2.50 bits per heavy atom. The van der Waals surface area contributed by atoms with E-state index in [1.165, 1.54) is 12.3 Å². The van der Waals surface area contributed by atoms with Gasteiger partial charge in [0, 0.05) is 6.20 Å². The van der Waals surface area contributed by atoms with Crippen molar-refractivity contribution in [1.82, 2.24) is 4.98 Å². The van der Waals surface area contributed by atoms with E-state index in [4.69, 9.17) is 28.3 Å². The summed E-state index contributed by atoms with van der Waals surface area (Å²) in [6, 6.07) is 1.52. The lowest BCUT2D eigenvalue weighted by Gasteiger charge is -2.19. The van der Waals surface area contributed by atoms with Crippen molar-refractivity contribution < 1.29 is 9.90 Å². The van der Waals surface area contributed by atoms with Gasteiger partial charge >= 0.3 is 5.97 Å². The summed E-state index contributed by atoms with van der Waals surface area (Å²) in [6.45, 7) is 3.16. The first-order valence-electron chi connectivity index (χ1n) is 3.90. The number of aliphatic carboxylic acids is 1. The van der Waals surface area contributed by atoms with E-state index in [9.17, 15) is 4.79 Å². The fourth-order valence-corrected chi connectivity index (χ4v) is 1.16. The molecule has 0 radical (unpaired) electrons. The molecule has 1 heterocycles. The van der Waals surface area contributed by atoms with Crippen LogP contribution < -0.4 is 0 Å². The summed E-state index contributed by atoms with van der Waals surface area (Å²) >= 11 is 11.4. The maximum absolute atomic E-state index is 10.9. The maximum Gasteiger partial charge on any atom is 0.313 e. The molecule has 5 heteroatoms. The lowest BCUT2D eigenvalue weighted by molar-refractivity contribution is -0.142. The Labute approximate surface area is 91.7 Å². The second kappa shape index (κ2) is 3.75. The molecule has 0 saturated carbocycles. The molecule has 1 rings (SSSR count). The predicted octanol–water partition coefficient (Wildman–Crippen LogP) is 2.75. The number of pyridine rings is 1. The minimum atomic E-state index is -1.01. The number of halogens is 2. The molecular formula is C9H9Cl2NO2. The molecule has 0 atom stereocenters. The number of carboxylic acid groups (broad SMARTS) is 1. The van der Waals surface area contributed by atoms with Gasteiger partial charge in [-0.3, -0.25) is 4.79 Å². The van der Waals surface area contributed by atoms with Gasteiger partial charge in [0.1, 0.15) is 5.15 Å². The Bertz CT molecular complexity index is 377. The van der Waals surface area contributed by atoms with Crippen molar-refractivity contribution in [2.24, 2.45) is 0 Å². The first-order chi connectivity index (χ1) is 6.35. The van der Waals surface area contributed by atoms with Gasteiger partial charge in [-0.25, -0.2) is 4.98 Å². The second-order valence-electron chi connectivity index (χ2n) is 3.43. The second-order valence-corrected chi connectivity index (χ2v) is 4.19. The Balaban J connectivity index is 3.21. The van der Waals surface area contributed by atoms with Gasteiger partial charge in [0.2, 0.25) is 0 Å². The summed E-state index contributed by atoms with van der Waals surface area (Å²) in [5.74, 6) is -0.933. The van der Waals surface area contributed by atoms with Crippen molar-refractivity contribution in [3.8, 4) is 0 Å². The van der Waals surface area contributed by atoms with E-state index in [-0.39, 0.29) is 10.2 Å². The molecule has 0 aromatic carbocycles. The molecule has 0 bridgehead atoms. The van der Waals surface area contributed by atoms with Crippen LogP contribution in [0.15, 0.2) is 12.3 Å². The van der Waals surface area contributed by atoms with Crippen LogP contribution in [0.25, 0.3) is 0 Å². The van der Waals surface area contributed by atoms with Crippen LogP contribution >= 0.6 is 23.2 Å². The van der Waals surface area contributed by atoms with Gasteiger partial charge in [0.25, 0.3) is 0 Å². The number of rotatable bonds is 2. The average molecular weight is 234 g/mol. The molecule has 1 aromatic rings. The largest absolute Gasteiger partial charge is 0.481 e. The van der Waals surface area contributed by atoms with Crippen LogP contribution in [-0.4, -0.2) is 16.1 Å². The molecule has 0 saturated heterocycles. The highest BCUT2D eigenvalue weighted by Gasteiger charge is 2.30. The summed E-state index contributed by atoms with van der Waals surface area (Å²) in [6.07, 6.45) is 1.42. The van der Waals surface area contributed by atoms with Crippen LogP contribution in [0.2, 0.25) is 10.2 Å². The molecule has 0 aliphatic rings. The SMILES string of the molecule is CC(C)(C(=O)O)c1cnc(Cl)c(Cl)c1. The molecule has 14 heavy (non-hydrogen) atoms. The first-order valence-corrected chi connectivity index (χ1v) is 4.66. The fourth-order valence-electron chi connectivity index (χ4n) is 0.886. The summed E-state index contributed by atoms with van der Waals surface area (Å²) in [7, 11) is 0. The summed E-state index contributed by atoms with van der Waals surface area (Å²) in [5.41, 5.74) is -0.485. The summed E-state index contributed by atoms with van der Waals surface area (Å²) < 4.78 is 0. The van der Waals surface area contributed by atoms with Crippen molar-refractivity contribution in [1.29, 1.82) is 0 Å². The lowest BCUT2D eigenvalue weighted by atomic mass is 9.86. The van der Waals surface area contributed by atoms with E-state index in [0.29, 0.717) is 5.56 Å². The number of carboxylic acids is 1. The van der Waals surface area contributed by atoms with Crippen LogP contribution in [0.4, 0.5) is 0 Å². The first kappa shape index (κ1) is 11.3. The molecule has 1 aromatic heterocycles. The zero-order valence-corrected chi connectivity index (χ0v) is 9.23. The number of hydrogen-bond donors (Lipinski definition) is 1. The zero-order valence-electron chi connectivity index (χ0n) is 7.71. The molecule has 0 aliphatic heterocycles. The third-order valence-electron chi connectivity index (χ3n) is 2.05. The van der Waals surface area contributed by atoms with Gasteiger partial charge in [-0.1, -0.05) is 23.2 Å². The van der Waals surface area contributed by atoms with Gasteiger partial charge in [-0.05, 0) is 25.5 Å². The lowest BCUT2D eigenvalue weighted by Crippen LogP contribution is -2.28. The van der Waals surface area contributed by atoms with Crippen LogP contribution in [0.3, 0.4) is 0 Å². The molecular weight excluding hydrogens is 225 g/mol. The summed E-state index contributed by atoms with van der Waals surface area (Å²) in [4.78, 5) is 14.7. The molecule has 3 nitrogen and oxygen atoms in total. The van der Waals surface area contributed by atoms with E-state index in [2.05, 4.69) is 4.98 Å². The van der Waals surface area contributed by atoms with E-state index < -0.39 is 11.4 Å². The van der Waals surface area contributed by atoms with Crippen LogP contribution in [0.5, 0.6) is 0 Å². The highest BCUT2D eigenvalue weighted by Crippen LogP contribution is 2.28. The van der Waals surface area contributed by atoms with Crippen molar-refractivity contribution >= 4 is 29.2 Å². The van der Waals surface area contributed by atoms with E-state index in [1.54, 1.807) is 13.8 Å². The molecule has 0 fully saturated rings. The quantitative estimate of drug-likeness (QED) is 0.800. The Kier molecular flexibility index (Phi) is 3.02. The average Bonchev–Trinajstić information content (AvgIpc) is 2.09. The number of carbonyl (C=O) groups is 1. The van der Waals surface area contributed by atoms with Crippen LogP contribution in [0.1, 0.15) is 19.4 Å². The minimum absolute atomic E-state index is 0.177. The highest BCUT2D eigenvalue weighted by atomic mass is 35.5. The maximum atomic E-state index is 10.9. The van der Waals surface area contributed by atoms with Gasteiger partial charge < -0.3 is 5.11 Å². The van der Waals surface area contributed by atoms with Gasteiger partial charge in [0.05, 0.1) is 10.4 Å². The monoisotopic (exact) mass is 233 g/mol. The Morgan fingerprint density at radius 1 is 1.50 bits per heavy atom. The van der Waals surface area contributed by atoms with Crippen molar-refractivity contribution in [3.05, 3.63) is 28.0 Å². The van der Waals surface area contributed by atoms with E-state index >= 15 is 0 Å². The molecule has 0 aliphatic carbocycles. The smallest absolute Gasteiger partial charge is 0.313 e. The normalized spacial score (nSPS) is 11.4.